The molecule has 0 aliphatic heterocycles. The molecule has 148 valence electrons. The first-order valence-electron chi connectivity index (χ1n) is 8.53. The van der Waals surface area contributed by atoms with Crippen LogP contribution in [0.2, 0.25) is 0 Å². The number of halogens is 2. The third kappa shape index (κ3) is 7.34. The van der Waals surface area contributed by atoms with Gasteiger partial charge in [-0.3, -0.25) is 4.99 Å². The molecular formula is C20H27FIN3O2. The normalized spacial score (nSPS) is 10.9. The summed E-state index contributed by atoms with van der Waals surface area (Å²) in [5, 5.41) is 12.4. The Hall–Kier alpha value is -1.87. The first kappa shape index (κ1) is 23.2. The van der Waals surface area contributed by atoms with Crippen molar-refractivity contribution in [3.05, 3.63) is 65.0 Å². The molecule has 0 saturated heterocycles. The molecule has 0 unspecified atom stereocenters. The van der Waals surface area contributed by atoms with Crippen LogP contribution >= 0.6 is 24.0 Å². The number of guanidine groups is 1. The van der Waals surface area contributed by atoms with Crippen LogP contribution in [0.25, 0.3) is 0 Å². The molecule has 0 amide bonds. The van der Waals surface area contributed by atoms with Crippen LogP contribution in [-0.2, 0) is 13.2 Å². The van der Waals surface area contributed by atoms with E-state index in [4.69, 9.17) is 9.84 Å². The van der Waals surface area contributed by atoms with Crippen molar-refractivity contribution in [3.8, 4) is 5.75 Å². The van der Waals surface area contributed by atoms with Gasteiger partial charge in [-0.15, -0.1) is 24.0 Å². The number of ether oxygens (including phenoxy) is 1. The van der Waals surface area contributed by atoms with E-state index in [0.717, 1.165) is 11.3 Å². The first-order valence-corrected chi connectivity index (χ1v) is 8.53. The monoisotopic (exact) mass is 487 g/mol. The minimum Gasteiger partial charge on any atom is -0.492 e. The summed E-state index contributed by atoms with van der Waals surface area (Å²) >= 11 is 0. The zero-order chi connectivity index (χ0) is 18.9. The third-order valence-corrected chi connectivity index (χ3v) is 4.02. The minimum absolute atomic E-state index is 0. The molecule has 5 nitrogen and oxygen atoms in total. The Bertz CT molecular complexity index is 739. The number of aliphatic hydroxyl groups is 1. The number of benzene rings is 2. The summed E-state index contributed by atoms with van der Waals surface area (Å²) in [7, 11) is 3.64. The number of aryl methyl sites for hydroxylation is 1. The van der Waals surface area contributed by atoms with Gasteiger partial charge < -0.3 is 20.1 Å². The average molecular weight is 487 g/mol. The van der Waals surface area contributed by atoms with Gasteiger partial charge in [0, 0.05) is 26.2 Å². The highest BCUT2D eigenvalue weighted by molar-refractivity contribution is 14.0. The smallest absolute Gasteiger partial charge is 0.193 e. The Morgan fingerprint density at radius 2 is 1.93 bits per heavy atom. The van der Waals surface area contributed by atoms with Gasteiger partial charge in [-0.05, 0) is 36.8 Å². The maximum absolute atomic E-state index is 13.4. The molecule has 0 saturated carbocycles. The number of nitrogens with zero attached hydrogens (tertiary/aromatic N) is 2. The molecule has 0 radical (unpaired) electrons. The molecule has 2 aromatic rings. The van der Waals surface area contributed by atoms with E-state index < -0.39 is 5.82 Å². The molecule has 0 heterocycles. The molecular weight excluding hydrogens is 460 g/mol. The topological polar surface area (TPSA) is 57.1 Å². The molecule has 0 aliphatic rings. The molecule has 0 aliphatic carbocycles. The lowest BCUT2D eigenvalue weighted by atomic mass is 10.1. The molecule has 27 heavy (non-hydrogen) atoms. The van der Waals surface area contributed by atoms with Crippen molar-refractivity contribution >= 4 is 29.9 Å². The maximum atomic E-state index is 13.4. The standard InChI is InChI=1S/C20H26FN3O2.HI/c1-15-4-7-18(8-5-15)26-11-10-24(3)20(22-2)23-13-16-6-9-19(21)17(12-16)14-25;/h4-9,12,25H,10-11,13-14H2,1-3H3,(H,22,23);1H. The summed E-state index contributed by atoms with van der Waals surface area (Å²) in [5.41, 5.74) is 2.37. The van der Waals surface area contributed by atoms with E-state index in [0.29, 0.717) is 31.2 Å². The van der Waals surface area contributed by atoms with Crippen molar-refractivity contribution in [1.82, 2.24) is 10.2 Å². The second-order valence-corrected chi connectivity index (χ2v) is 6.07. The zero-order valence-corrected chi connectivity index (χ0v) is 18.2. The molecule has 2 rings (SSSR count). The van der Waals surface area contributed by atoms with Crippen LogP contribution in [0.3, 0.4) is 0 Å². The number of aliphatic imine (C=N–C) groups is 1. The first-order chi connectivity index (χ1) is 12.5. The molecule has 0 bridgehead atoms. The predicted molar refractivity (Wildman–Crippen MR) is 117 cm³/mol. The van der Waals surface area contributed by atoms with Crippen molar-refractivity contribution in [3.63, 3.8) is 0 Å². The van der Waals surface area contributed by atoms with E-state index in [2.05, 4.69) is 10.3 Å². The summed E-state index contributed by atoms with van der Waals surface area (Å²) in [6.45, 7) is 3.41. The molecule has 7 heteroatoms. The highest BCUT2D eigenvalue weighted by Gasteiger charge is 2.07. The summed E-state index contributed by atoms with van der Waals surface area (Å²) in [4.78, 5) is 6.22. The fourth-order valence-electron chi connectivity index (χ4n) is 2.47. The lowest BCUT2D eigenvalue weighted by Crippen LogP contribution is -2.40. The molecule has 2 N–H and O–H groups in total. The maximum Gasteiger partial charge on any atom is 0.193 e. The van der Waals surface area contributed by atoms with Gasteiger partial charge in [0.1, 0.15) is 18.2 Å². The minimum atomic E-state index is -0.397. The Balaban J connectivity index is 0.00000364. The fourth-order valence-corrected chi connectivity index (χ4v) is 2.47. The van der Waals surface area contributed by atoms with Crippen LogP contribution in [0.5, 0.6) is 5.75 Å². The number of hydrogen-bond donors (Lipinski definition) is 2. The highest BCUT2D eigenvalue weighted by atomic mass is 127. The summed E-state index contributed by atoms with van der Waals surface area (Å²) in [5.74, 6) is 1.16. The van der Waals surface area contributed by atoms with Gasteiger partial charge in [-0.2, -0.15) is 0 Å². The highest BCUT2D eigenvalue weighted by Crippen LogP contribution is 2.12. The number of hydrogen-bond acceptors (Lipinski definition) is 3. The summed E-state index contributed by atoms with van der Waals surface area (Å²) < 4.78 is 19.2. The Morgan fingerprint density at radius 3 is 2.56 bits per heavy atom. The van der Waals surface area contributed by atoms with Crippen molar-refractivity contribution < 1.29 is 14.2 Å². The van der Waals surface area contributed by atoms with Crippen molar-refractivity contribution in [1.29, 1.82) is 0 Å². The summed E-state index contributed by atoms with van der Waals surface area (Å²) in [6.07, 6.45) is 0. The SMILES string of the molecule is CN=C(NCc1ccc(F)c(CO)c1)N(C)CCOc1ccc(C)cc1.I. The van der Waals surface area contributed by atoms with E-state index >= 15 is 0 Å². The van der Waals surface area contributed by atoms with Gasteiger partial charge in [-0.1, -0.05) is 23.8 Å². The van der Waals surface area contributed by atoms with Crippen LogP contribution in [-0.4, -0.2) is 43.2 Å². The van der Waals surface area contributed by atoms with E-state index in [-0.39, 0.29) is 30.6 Å². The van der Waals surface area contributed by atoms with Crippen LogP contribution in [0.15, 0.2) is 47.5 Å². The van der Waals surface area contributed by atoms with Gasteiger partial charge in [0.25, 0.3) is 0 Å². The number of nitrogens with one attached hydrogen (secondary N) is 1. The van der Waals surface area contributed by atoms with Gasteiger partial charge >= 0.3 is 0 Å². The number of rotatable bonds is 7. The van der Waals surface area contributed by atoms with Crippen LogP contribution in [0, 0.1) is 12.7 Å². The van der Waals surface area contributed by atoms with Gasteiger partial charge in [0.15, 0.2) is 5.96 Å². The summed E-state index contributed by atoms with van der Waals surface area (Å²) in [6, 6.07) is 12.6. The van der Waals surface area contributed by atoms with Crippen LogP contribution < -0.4 is 10.1 Å². The third-order valence-electron chi connectivity index (χ3n) is 4.02. The van der Waals surface area contributed by atoms with Crippen molar-refractivity contribution in [2.75, 3.05) is 27.2 Å². The predicted octanol–water partition coefficient (Wildman–Crippen LogP) is 3.33. The lowest BCUT2D eigenvalue weighted by Gasteiger charge is -2.22. The number of likely N-dealkylation sites (N-methyl/N-ethyl adjacent to an activating group) is 1. The van der Waals surface area contributed by atoms with Gasteiger partial charge in [-0.25, -0.2) is 4.39 Å². The Morgan fingerprint density at radius 1 is 1.22 bits per heavy atom. The average Bonchev–Trinajstić information content (AvgIpc) is 2.65. The number of aliphatic hydroxyl groups excluding tert-OH is 1. The van der Waals surface area contributed by atoms with Gasteiger partial charge in [0.2, 0.25) is 0 Å². The molecule has 0 spiro atoms. The Kier molecular flexibility index (Phi) is 10.1. The second kappa shape index (κ2) is 11.8. The van der Waals surface area contributed by atoms with E-state index in [1.165, 1.54) is 11.6 Å². The lowest BCUT2D eigenvalue weighted by molar-refractivity contribution is 0.275. The fraction of sp³-hybridized carbons (Fsp3) is 0.350. The van der Waals surface area contributed by atoms with Crippen molar-refractivity contribution in [2.24, 2.45) is 4.99 Å². The van der Waals surface area contributed by atoms with Crippen molar-refractivity contribution in [2.45, 2.75) is 20.1 Å². The van der Waals surface area contributed by atoms with E-state index in [1.54, 1.807) is 19.2 Å². The zero-order valence-electron chi connectivity index (χ0n) is 15.9. The molecule has 0 fully saturated rings. The molecule has 0 aromatic heterocycles. The second-order valence-electron chi connectivity index (χ2n) is 6.07. The molecule has 2 aromatic carbocycles. The quantitative estimate of drug-likeness (QED) is 0.358. The Labute approximate surface area is 177 Å². The van der Waals surface area contributed by atoms with Crippen LogP contribution in [0.4, 0.5) is 4.39 Å². The van der Waals surface area contributed by atoms with E-state index in [9.17, 15) is 4.39 Å². The van der Waals surface area contributed by atoms with Gasteiger partial charge in [0.05, 0.1) is 13.2 Å². The molecule has 0 atom stereocenters. The largest absolute Gasteiger partial charge is 0.492 e. The van der Waals surface area contributed by atoms with Crippen LogP contribution in [0.1, 0.15) is 16.7 Å². The van der Waals surface area contributed by atoms with E-state index in [1.807, 2.05) is 43.1 Å².